The summed E-state index contributed by atoms with van der Waals surface area (Å²) in [6.45, 7) is 4.29. The average Bonchev–Trinajstić information content (AvgIpc) is 2.01. The van der Waals surface area contributed by atoms with Crippen LogP contribution in [0.4, 0.5) is 0 Å². The van der Waals surface area contributed by atoms with E-state index in [1.165, 1.54) is 12.7 Å². The number of carbonyl (C=O) groups is 1. The lowest BCUT2D eigenvalue weighted by molar-refractivity contribution is -0.152. The van der Waals surface area contributed by atoms with Gasteiger partial charge in [-0.25, -0.2) is 4.79 Å². The van der Waals surface area contributed by atoms with E-state index < -0.39 is 0 Å². The summed E-state index contributed by atoms with van der Waals surface area (Å²) in [6, 6.07) is 0. The third kappa shape index (κ3) is 3.50. The summed E-state index contributed by atoms with van der Waals surface area (Å²) in [7, 11) is 1.49. The molecule has 0 aromatic rings. The fourth-order valence-electron chi connectivity index (χ4n) is 1.89. The Morgan fingerprint density at radius 3 is 2.93 bits per heavy atom. The molecule has 0 fully saturated rings. The van der Waals surface area contributed by atoms with Crippen molar-refractivity contribution in [3.05, 3.63) is 11.6 Å². The van der Waals surface area contributed by atoms with Crippen LogP contribution in [-0.4, -0.2) is 25.8 Å². The normalized spacial score (nSPS) is 26.9. The molecule has 0 aromatic carbocycles. The molecule has 1 aliphatic rings. The van der Waals surface area contributed by atoms with E-state index in [2.05, 4.69) is 13.8 Å². The third-order valence-corrected chi connectivity index (χ3v) is 2.32. The highest BCUT2D eigenvalue weighted by molar-refractivity contribution is 5.71. The summed E-state index contributed by atoms with van der Waals surface area (Å²) in [6.07, 6.45) is 4.01. The quantitative estimate of drug-likeness (QED) is 0.513. The minimum atomic E-state index is -0.282. The number of carbonyl (C=O) groups excluding carboxylic acids is 1. The zero-order valence-electron chi connectivity index (χ0n) is 9.08. The van der Waals surface area contributed by atoms with Gasteiger partial charge in [-0.2, -0.15) is 0 Å². The predicted molar refractivity (Wildman–Crippen MR) is 53.9 cm³/mol. The van der Waals surface area contributed by atoms with Gasteiger partial charge in [-0.1, -0.05) is 12.5 Å². The highest BCUT2D eigenvalue weighted by atomic mass is 16.6. The van der Waals surface area contributed by atoms with Crippen molar-refractivity contribution >= 4 is 5.97 Å². The molecule has 14 heavy (non-hydrogen) atoms. The number of hydrogen-bond acceptors (Lipinski definition) is 3. The third-order valence-electron chi connectivity index (χ3n) is 2.32. The van der Waals surface area contributed by atoms with Crippen molar-refractivity contribution in [1.29, 1.82) is 0 Å². The first kappa shape index (κ1) is 11.2. The van der Waals surface area contributed by atoms with Gasteiger partial charge in [-0.3, -0.25) is 0 Å². The number of methoxy groups -OCH3 is 1. The number of rotatable bonds is 3. The van der Waals surface area contributed by atoms with E-state index in [1.54, 1.807) is 0 Å². The molecule has 0 unspecified atom stereocenters. The highest BCUT2D eigenvalue weighted by Gasteiger charge is 2.20. The van der Waals surface area contributed by atoms with Crippen LogP contribution in [0.15, 0.2) is 11.6 Å². The van der Waals surface area contributed by atoms with Gasteiger partial charge in [-0.05, 0) is 31.8 Å². The Hall–Kier alpha value is -0.830. The van der Waals surface area contributed by atoms with E-state index in [1.807, 2.05) is 6.08 Å². The van der Waals surface area contributed by atoms with Crippen LogP contribution in [0, 0.1) is 5.92 Å². The average molecular weight is 198 g/mol. The standard InChI is InChI=1S/C11H18O3/c1-8-4-9(2)6-10(5-8)14-11(12)7-13-3/h5,9-10H,4,6-7H2,1-3H3/t9-,10+/m1/s1. The van der Waals surface area contributed by atoms with E-state index in [0.717, 1.165) is 12.8 Å². The maximum atomic E-state index is 11.1. The fourth-order valence-corrected chi connectivity index (χ4v) is 1.89. The van der Waals surface area contributed by atoms with Crippen molar-refractivity contribution in [3.63, 3.8) is 0 Å². The van der Waals surface area contributed by atoms with E-state index in [-0.39, 0.29) is 18.7 Å². The molecule has 1 rings (SSSR count). The van der Waals surface area contributed by atoms with Crippen molar-refractivity contribution < 1.29 is 14.3 Å². The van der Waals surface area contributed by atoms with Crippen LogP contribution in [0.5, 0.6) is 0 Å². The van der Waals surface area contributed by atoms with Gasteiger partial charge in [0.05, 0.1) is 0 Å². The molecule has 0 heterocycles. The van der Waals surface area contributed by atoms with Gasteiger partial charge in [0.1, 0.15) is 12.7 Å². The van der Waals surface area contributed by atoms with Crippen molar-refractivity contribution in [2.75, 3.05) is 13.7 Å². The monoisotopic (exact) mass is 198 g/mol. The second-order valence-corrected chi connectivity index (χ2v) is 4.02. The highest BCUT2D eigenvalue weighted by Crippen LogP contribution is 2.25. The van der Waals surface area contributed by atoms with Gasteiger partial charge in [0.2, 0.25) is 0 Å². The van der Waals surface area contributed by atoms with E-state index in [9.17, 15) is 4.79 Å². The number of ether oxygens (including phenoxy) is 2. The summed E-state index contributed by atoms with van der Waals surface area (Å²) in [5, 5.41) is 0. The zero-order chi connectivity index (χ0) is 10.6. The molecule has 0 aliphatic heterocycles. The van der Waals surface area contributed by atoms with Gasteiger partial charge < -0.3 is 9.47 Å². The zero-order valence-corrected chi connectivity index (χ0v) is 9.08. The lowest BCUT2D eigenvalue weighted by atomic mass is 9.89. The van der Waals surface area contributed by atoms with Crippen LogP contribution in [0.1, 0.15) is 26.7 Å². The lowest BCUT2D eigenvalue weighted by Crippen LogP contribution is -2.24. The topological polar surface area (TPSA) is 35.5 Å². The Kier molecular flexibility index (Phi) is 4.14. The number of esters is 1. The van der Waals surface area contributed by atoms with Crippen molar-refractivity contribution in [2.24, 2.45) is 5.92 Å². The minimum Gasteiger partial charge on any atom is -0.456 e. The molecular formula is C11H18O3. The Bertz CT molecular complexity index is 233. The summed E-state index contributed by atoms with van der Waals surface area (Å²) in [5.41, 5.74) is 1.30. The van der Waals surface area contributed by atoms with Crippen molar-refractivity contribution in [2.45, 2.75) is 32.8 Å². The van der Waals surface area contributed by atoms with Gasteiger partial charge in [-0.15, -0.1) is 0 Å². The van der Waals surface area contributed by atoms with Gasteiger partial charge in [0.25, 0.3) is 0 Å². The molecule has 2 atom stereocenters. The van der Waals surface area contributed by atoms with Crippen molar-refractivity contribution in [3.8, 4) is 0 Å². The minimum absolute atomic E-state index is 0.0395. The first-order valence-corrected chi connectivity index (χ1v) is 4.97. The first-order valence-electron chi connectivity index (χ1n) is 4.97. The second kappa shape index (κ2) is 5.15. The number of allylic oxidation sites excluding steroid dienone is 1. The van der Waals surface area contributed by atoms with Crippen LogP contribution in [0.3, 0.4) is 0 Å². The predicted octanol–water partition coefficient (Wildman–Crippen LogP) is 1.92. The van der Waals surface area contributed by atoms with Crippen LogP contribution >= 0.6 is 0 Å². The van der Waals surface area contributed by atoms with Crippen LogP contribution < -0.4 is 0 Å². The summed E-state index contributed by atoms with van der Waals surface area (Å²) in [5.74, 6) is 0.316. The number of hydrogen-bond donors (Lipinski definition) is 0. The van der Waals surface area contributed by atoms with Gasteiger partial charge in [0.15, 0.2) is 0 Å². The molecule has 0 amide bonds. The van der Waals surface area contributed by atoms with Crippen LogP contribution in [-0.2, 0) is 14.3 Å². The smallest absolute Gasteiger partial charge is 0.332 e. The van der Waals surface area contributed by atoms with Gasteiger partial charge >= 0.3 is 5.97 Å². The molecule has 80 valence electrons. The van der Waals surface area contributed by atoms with Gasteiger partial charge in [0, 0.05) is 7.11 Å². The Balaban J connectivity index is 2.44. The summed E-state index contributed by atoms with van der Waals surface area (Å²) < 4.78 is 9.94. The maximum Gasteiger partial charge on any atom is 0.332 e. The largest absolute Gasteiger partial charge is 0.456 e. The molecule has 0 aromatic heterocycles. The van der Waals surface area contributed by atoms with E-state index in [4.69, 9.17) is 9.47 Å². The SMILES string of the molecule is COCC(=O)O[C@H]1C=C(C)C[C@@H](C)C1. The lowest BCUT2D eigenvalue weighted by Gasteiger charge is -2.24. The molecule has 0 bridgehead atoms. The van der Waals surface area contributed by atoms with Crippen LogP contribution in [0.2, 0.25) is 0 Å². The summed E-state index contributed by atoms with van der Waals surface area (Å²) >= 11 is 0. The van der Waals surface area contributed by atoms with E-state index >= 15 is 0 Å². The first-order chi connectivity index (χ1) is 6.61. The Morgan fingerprint density at radius 2 is 2.36 bits per heavy atom. The Labute approximate surface area is 85.1 Å². The summed E-state index contributed by atoms with van der Waals surface area (Å²) in [4.78, 5) is 11.1. The van der Waals surface area contributed by atoms with Crippen molar-refractivity contribution in [1.82, 2.24) is 0 Å². The molecule has 0 saturated carbocycles. The molecule has 0 radical (unpaired) electrons. The molecule has 0 saturated heterocycles. The molecule has 1 aliphatic carbocycles. The van der Waals surface area contributed by atoms with Crippen LogP contribution in [0.25, 0.3) is 0 Å². The molecule has 0 spiro atoms. The maximum absolute atomic E-state index is 11.1. The molecule has 3 nitrogen and oxygen atoms in total. The van der Waals surface area contributed by atoms with E-state index in [0.29, 0.717) is 5.92 Å². The molecule has 3 heteroatoms. The fraction of sp³-hybridized carbons (Fsp3) is 0.727. The molecule has 0 N–H and O–H groups in total. The Morgan fingerprint density at radius 1 is 1.64 bits per heavy atom. The second-order valence-electron chi connectivity index (χ2n) is 4.02. The molecular weight excluding hydrogens is 180 g/mol.